The van der Waals surface area contributed by atoms with Gasteiger partial charge in [0.25, 0.3) is 0 Å². The molecular formula is C16H19N3O. The second kappa shape index (κ2) is 6.84. The van der Waals surface area contributed by atoms with Crippen molar-refractivity contribution in [1.29, 1.82) is 0 Å². The Morgan fingerprint density at radius 3 is 1.80 bits per heavy atom. The van der Waals surface area contributed by atoms with Crippen LogP contribution < -0.4 is 16.8 Å². The van der Waals surface area contributed by atoms with E-state index in [1.54, 1.807) is 0 Å². The summed E-state index contributed by atoms with van der Waals surface area (Å²) in [5.41, 5.74) is 13.1. The van der Waals surface area contributed by atoms with Crippen molar-refractivity contribution in [2.24, 2.45) is 11.5 Å². The van der Waals surface area contributed by atoms with Gasteiger partial charge in [0, 0.05) is 6.54 Å². The summed E-state index contributed by atoms with van der Waals surface area (Å²) in [7, 11) is 0. The quantitative estimate of drug-likeness (QED) is 0.762. The van der Waals surface area contributed by atoms with Gasteiger partial charge in [0.15, 0.2) is 0 Å². The average molecular weight is 269 g/mol. The number of rotatable bonds is 5. The molecule has 0 saturated carbocycles. The maximum Gasteiger partial charge on any atom is 0.238 e. The van der Waals surface area contributed by atoms with Crippen molar-refractivity contribution in [3.05, 3.63) is 71.8 Å². The Hall–Kier alpha value is -2.17. The maximum absolute atomic E-state index is 12.0. The molecule has 0 bridgehead atoms. The van der Waals surface area contributed by atoms with E-state index in [1.165, 1.54) is 0 Å². The van der Waals surface area contributed by atoms with Gasteiger partial charge in [0.05, 0.1) is 12.1 Å². The van der Waals surface area contributed by atoms with Crippen LogP contribution in [0.4, 0.5) is 0 Å². The Balaban J connectivity index is 2.28. The fourth-order valence-electron chi connectivity index (χ4n) is 2.01. The third-order valence-electron chi connectivity index (χ3n) is 3.14. The molecule has 2 rings (SSSR count). The molecule has 104 valence electrons. The molecule has 0 unspecified atom stereocenters. The lowest BCUT2D eigenvalue weighted by molar-refractivity contribution is -0.122. The second-order valence-electron chi connectivity index (χ2n) is 4.61. The van der Waals surface area contributed by atoms with Gasteiger partial charge in [-0.1, -0.05) is 60.7 Å². The first-order valence-corrected chi connectivity index (χ1v) is 6.58. The van der Waals surface area contributed by atoms with Crippen molar-refractivity contribution in [2.75, 3.05) is 6.54 Å². The Labute approximate surface area is 118 Å². The van der Waals surface area contributed by atoms with Gasteiger partial charge >= 0.3 is 0 Å². The van der Waals surface area contributed by atoms with E-state index >= 15 is 0 Å². The molecule has 2 aromatic carbocycles. The van der Waals surface area contributed by atoms with Crippen molar-refractivity contribution in [3.8, 4) is 0 Å². The molecule has 1 amide bonds. The van der Waals surface area contributed by atoms with Crippen LogP contribution in [0.3, 0.4) is 0 Å². The Bertz CT molecular complexity index is 503. The Morgan fingerprint density at radius 2 is 1.40 bits per heavy atom. The van der Waals surface area contributed by atoms with Gasteiger partial charge < -0.3 is 16.8 Å². The van der Waals surface area contributed by atoms with Crippen molar-refractivity contribution in [3.63, 3.8) is 0 Å². The van der Waals surface area contributed by atoms with E-state index in [4.69, 9.17) is 11.5 Å². The summed E-state index contributed by atoms with van der Waals surface area (Å²) >= 11 is 0. The lowest BCUT2D eigenvalue weighted by Gasteiger charge is -2.21. The number of carbonyl (C=O) groups is 1. The Morgan fingerprint density at radius 1 is 0.950 bits per heavy atom. The highest BCUT2D eigenvalue weighted by Gasteiger charge is 2.19. The van der Waals surface area contributed by atoms with Gasteiger partial charge in [-0.2, -0.15) is 0 Å². The van der Waals surface area contributed by atoms with Crippen LogP contribution >= 0.6 is 0 Å². The lowest BCUT2D eigenvalue weighted by atomic mass is 9.98. The molecule has 0 fully saturated rings. The minimum Gasteiger partial charge on any atom is -0.344 e. The molecule has 1 atom stereocenters. The standard InChI is InChI=1S/C16H19N3O/c17-11-14(18)16(20)19-15(12-7-3-1-4-8-12)13-9-5-2-6-10-13/h1-10,14-15H,11,17-18H2,(H,19,20)/t14-/m0/s1. The van der Waals surface area contributed by atoms with Crippen LogP contribution in [-0.4, -0.2) is 18.5 Å². The van der Waals surface area contributed by atoms with Gasteiger partial charge in [-0.15, -0.1) is 0 Å². The van der Waals surface area contributed by atoms with Crippen LogP contribution in [0.25, 0.3) is 0 Å². The summed E-state index contributed by atoms with van der Waals surface area (Å²) in [4.78, 5) is 12.0. The van der Waals surface area contributed by atoms with Crippen LogP contribution in [0.1, 0.15) is 17.2 Å². The molecule has 0 spiro atoms. The first-order valence-electron chi connectivity index (χ1n) is 6.58. The number of hydrogen-bond acceptors (Lipinski definition) is 3. The zero-order valence-electron chi connectivity index (χ0n) is 11.2. The smallest absolute Gasteiger partial charge is 0.238 e. The number of nitrogens with two attached hydrogens (primary N) is 2. The summed E-state index contributed by atoms with van der Waals surface area (Å²) in [6.45, 7) is 0.127. The minimum atomic E-state index is -0.690. The SMILES string of the molecule is NC[C@H](N)C(=O)NC(c1ccccc1)c1ccccc1. The van der Waals surface area contributed by atoms with Gasteiger partial charge in [0.1, 0.15) is 0 Å². The van der Waals surface area contributed by atoms with E-state index < -0.39 is 6.04 Å². The largest absolute Gasteiger partial charge is 0.344 e. The molecule has 4 nitrogen and oxygen atoms in total. The van der Waals surface area contributed by atoms with Crippen LogP contribution in [0.5, 0.6) is 0 Å². The fraction of sp³-hybridized carbons (Fsp3) is 0.188. The van der Waals surface area contributed by atoms with E-state index in [0.29, 0.717) is 0 Å². The molecule has 0 aliphatic carbocycles. The van der Waals surface area contributed by atoms with Gasteiger partial charge in [-0.25, -0.2) is 0 Å². The highest BCUT2D eigenvalue weighted by atomic mass is 16.2. The number of hydrogen-bond donors (Lipinski definition) is 3. The summed E-state index contributed by atoms with van der Waals surface area (Å²) < 4.78 is 0. The zero-order valence-corrected chi connectivity index (χ0v) is 11.2. The molecule has 20 heavy (non-hydrogen) atoms. The Kier molecular flexibility index (Phi) is 4.87. The molecule has 0 radical (unpaired) electrons. The maximum atomic E-state index is 12.0. The van der Waals surface area contributed by atoms with Crippen LogP contribution in [0.2, 0.25) is 0 Å². The van der Waals surface area contributed by atoms with E-state index in [1.807, 2.05) is 60.7 Å². The fourth-order valence-corrected chi connectivity index (χ4v) is 2.01. The van der Waals surface area contributed by atoms with Crippen molar-refractivity contribution in [1.82, 2.24) is 5.32 Å². The average Bonchev–Trinajstić information content (AvgIpc) is 2.53. The molecule has 0 aromatic heterocycles. The highest BCUT2D eigenvalue weighted by molar-refractivity contribution is 5.82. The molecule has 0 heterocycles. The molecule has 2 aromatic rings. The first kappa shape index (κ1) is 14.2. The minimum absolute atomic E-state index is 0.127. The first-order chi connectivity index (χ1) is 9.72. The van der Waals surface area contributed by atoms with E-state index in [0.717, 1.165) is 11.1 Å². The number of amides is 1. The zero-order chi connectivity index (χ0) is 14.4. The van der Waals surface area contributed by atoms with E-state index in [2.05, 4.69) is 5.32 Å². The van der Waals surface area contributed by atoms with Crippen molar-refractivity contribution >= 4 is 5.91 Å². The predicted octanol–water partition coefficient (Wildman–Crippen LogP) is 1.18. The van der Waals surface area contributed by atoms with Gasteiger partial charge in [-0.3, -0.25) is 4.79 Å². The molecular weight excluding hydrogens is 250 g/mol. The lowest BCUT2D eigenvalue weighted by Crippen LogP contribution is -2.46. The molecule has 0 saturated heterocycles. The summed E-state index contributed by atoms with van der Waals surface area (Å²) in [6.07, 6.45) is 0. The molecule has 4 heteroatoms. The van der Waals surface area contributed by atoms with E-state index in [-0.39, 0.29) is 18.5 Å². The van der Waals surface area contributed by atoms with Gasteiger partial charge in [0.2, 0.25) is 5.91 Å². The molecule has 0 aliphatic heterocycles. The van der Waals surface area contributed by atoms with E-state index in [9.17, 15) is 4.79 Å². The summed E-state index contributed by atoms with van der Waals surface area (Å²) in [6, 6.07) is 18.7. The summed E-state index contributed by atoms with van der Waals surface area (Å²) in [5.74, 6) is -0.245. The highest BCUT2D eigenvalue weighted by Crippen LogP contribution is 2.21. The second-order valence-corrected chi connectivity index (χ2v) is 4.61. The summed E-state index contributed by atoms with van der Waals surface area (Å²) in [5, 5.41) is 2.96. The molecule has 0 aliphatic rings. The van der Waals surface area contributed by atoms with Crippen molar-refractivity contribution in [2.45, 2.75) is 12.1 Å². The molecule has 5 N–H and O–H groups in total. The topological polar surface area (TPSA) is 81.1 Å². The third kappa shape index (κ3) is 3.44. The third-order valence-corrected chi connectivity index (χ3v) is 3.14. The van der Waals surface area contributed by atoms with Crippen LogP contribution in [0, 0.1) is 0 Å². The monoisotopic (exact) mass is 269 g/mol. The van der Waals surface area contributed by atoms with Crippen LogP contribution in [0.15, 0.2) is 60.7 Å². The normalized spacial score (nSPS) is 12.2. The van der Waals surface area contributed by atoms with Crippen LogP contribution in [-0.2, 0) is 4.79 Å². The van der Waals surface area contributed by atoms with Gasteiger partial charge in [-0.05, 0) is 11.1 Å². The number of nitrogens with one attached hydrogen (secondary N) is 1. The number of carbonyl (C=O) groups excluding carboxylic acids is 1. The van der Waals surface area contributed by atoms with Crippen molar-refractivity contribution < 1.29 is 4.79 Å². The number of benzene rings is 2. The predicted molar refractivity (Wildman–Crippen MR) is 79.9 cm³/mol.